The number of fused-ring (bicyclic) bond motifs is 4. The van der Waals surface area contributed by atoms with E-state index < -0.39 is 11.6 Å². The van der Waals surface area contributed by atoms with Crippen LogP contribution in [0.25, 0.3) is 32.2 Å². The van der Waals surface area contributed by atoms with Gasteiger partial charge in [-0.05, 0) is 22.5 Å². The van der Waals surface area contributed by atoms with Crippen molar-refractivity contribution in [1.82, 2.24) is 15.0 Å². The summed E-state index contributed by atoms with van der Waals surface area (Å²) in [6.45, 7) is 8.58. The number of hydrogen-bond acceptors (Lipinski definition) is 8. The van der Waals surface area contributed by atoms with Gasteiger partial charge in [-0.1, -0.05) is 20.8 Å². The molecular weight excluding hydrogens is 470 g/mol. The molecule has 1 saturated heterocycles. The van der Waals surface area contributed by atoms with Gasteiger partial charge in [-0.15, -0.1) is 11.3 Å². The number of ether oxygens (including phenoxy) is 1. The van der Waals surface area contributed by atoms with E-state index in [-0.39, 0.29) is 56.1 Å². The second-order valence-electron chi connectivity index (χ2n) is 9.95. The lowest BCUT2D eigenvalue weighted by atomic mass is 9.84. The van der Waals surface area contributed by atoms with Crippen LogP contribution in [0.1, 0.15) is 37.5 Å². The fourth-order valence-electron chi connectivity index (χ4n) is 5.13. The molecule has 7 nitrogen and oxygen atoms in total. The summed E-state index contributed by atoms with van der Waals surface area (Å²) in [5.41, 5.74) is 8.07. The molecule has 1 fully saturated rings. The summed E-state index contributed by atoms with van der Waals surface area (Å²) in [5.74, 6) is -0.297. The monoisotopic (exact) mass is 492 g/mol. The molecule has 4 aromatic rings. The molecule has 10 heteroatoms. The maximum atomic E-state index is 16.4. The third kappa shape index (κ3) is 3.11. The van der Waals surface area contributed by atoms with Crippen LogP contribution in [0.2, 0.25) is 0 Å². The van der Waals surface area contributed by atoms with Gasteiger partial charge in [-0.3, -0.25) is 4.98 Å². The Bertz CT molecular complexity index is 1590. The smallest absolute Gasteiger partial charge is 0.226 e. The molecule has 6 rings (SSSR count). The van der Waals surface area contributed by atoms with Gasteiger partial charge in [0, 0.05) is 35.6 Å². The van der Waals surface area contributed by atoms with Crippen LogP contribution in [0.15, 0.2) is 12.4 Å². The van der Waals surface area contributed by atoms with Crippen LogP contribution < -0.4 is 10.6 Å². The number of pyridine rings is 1. The first kappa shape index (κ1) is 22.1. The average Bonchev–Trinajstić information content (AvgIpc) is 3.51. The summed E-state index contributed by atoms with van der Waals surface area (Å²) >= 11 is 0.955. The van der Waals surface area contributed by atoms with Gasteiger partial charge < -0.3 is 15.4 Å². The molecule has 0 saturated carbocycles. The SMILES string of the molecule is CC1CN(c2ncc3c4c(c(-c5ncc(F)c6sc(N)c(C#N)c56)c(F)c3n2)COC4)CC1(C)C. The van der Waals surface area contributed by atoms with Gasteiger partial charge in [0.05, 0.1) is 35.4 Å². The highest BCUT2D eigenvalue weighted by molar-refractivity contribution is 7.23. The number of nitrogen functional groups attached to an aromatic ring is 1. The van der Waals surface area contributed by atoms with Crippen molar-refractivity contribution in [3.05, 3.63) is 40.7 Å². The van der Waals surface area contributed by atoms with Crippen molar-refractivity contribution >= 4 is 43.3 Å². The molecule has 0 aliphatic carbocycles. The number of nitriles is 1. The molecule has 35 heavy (non-hydrogen) atoms. The summed E-state index contributed by atoms with van der Waals surface area (Å²) in [6.07, 6.45) is 2.70. The van der Waals surface area contributed by atoms with E-state index in [0.717, 1.165) is 36.2 Å². The minimum Gasteiger partial charge on any atom is -0.389 e. The highest BCUT2D eigenvalue weighted by atomic mass is 32.1. The van der Waals surface area contributed by atoms with E-state index in [0.29, 0.717) is 22.8 Å². The molecule has 0 spiro atoms. The van der Waals surface area contributed by atoms with Crippen LogP contribution in [-0.2, 0) is 18.0 Å². The lowest BCUT2D eigenvalue weighted by Crippen LogP contribution is -2.24. The fourth-order valence-corrected chi connectivity index (χ4v) is 6.05. The molecule has 1 aromatic carbocycles. The molecule has 0 amide bonds. The van der Waals surface area contributed by atoms with Crippen molar-refractivity contribution in [2.45, 2.75) is 34.0 Å². The standard InChI is InChI=1S/C25H22F2N6OS/c1-11-7-33(10-25(11,2)3)24-31-5-13-14-8-34-9-15(14)17(19(27)20(13)32-24)21-18-12(4-28)23(29)35-22(18)16(26)6-30-21/h5-6,11H,7-10,29H2,1-3H3. The zero-order chi connectivity index (χ0) is 24.6. The Morgan fingerprint density at radius 2 is 2.00 bits per heavy atom. The van der Waals surface area contributed by atoms with Crippen LogP contribution in [0.3, 0.4) is 0 Å². The predicted molar refractivity (Wildman–Crippen MR) is 131 cm³/mol. The first-order valence-electron chi connectivity index (χ1n) is 11.3. The maximum absolute atomic E-state index is 16.4. The van der Waals surface area contributed by atoms with Crippen molar-refractivity contribution in [1.29, 1.82) is 5.26 Å². The number of anilines is 2. The molecule has 1 atom stereocenters. The van der Waals surface area contributed by atoms with E-state index in [1.807, 2.05) is 6.07 Å². The summed E-state index contributed by atoms with van der Waals surface area (Å²) < 4.78 is 36.8. The van der Waals surface area contributed by atoms with Crippen molar-refractivity contribution in [3.63, 3.8) is 0 Å². The highest BCUT2D eigenvalue weighted by Gasteiger charge is 2.38. The largest absolute Gasteiger partial charge is 0.389 e. The van der Waals surface area contributed by atoms with E-state index in [4.69, 9.17) is 10.5 Å². The molecule has 1 unspecified atom stereocenters. The van der Waals surface area contributed by atoms with Gasteiger partial charge >= 0.3 is 0 Å². The number of benzene rings is 1. The molecule has 2 aliphatic heterocycles. The second kappa shape index (κ2) is 7.54. The van der Waals surface area contributed by atoms with E-state index in [2.05, 4.69) is 40.6 Å². The Labute approximate surface area is 204 Å². The van der Waals surface area contributed by atoms with Crippen LogP contribution in [0.5, 0.6) is 0 Å². The Balaban J connectivity index is 1.63. The number of hydrogen-bond donors (Lipinski definition) is 1. The zero-order valence-corrected chi connectivity index (χ0v) is 20.3. The maximum Gasteiger partial charge on any atom is 0.226 e. The minimum absolute atomic E-state index is 0.0873. The van der Waals surface area contributed by atoms with Crippen molar-refractivity contribution < 1.29 is 13.5 Å². The highest BCUT2D eigenvalue weighted by Crippen LogP contribution is 2.45. The molecule has 3 aromatic heterocycles. The van der Waals surface area contributed by atoms with Gasteiger partial charge in [-0.2, -0.15) is 5.26 Å². The molecule has 2 aliphatic rings. The lowest BCUT2D eigenvalue weighted by molar-refractivity contribution is 0.135. The number of rotatable bonds is 2. The van der Waals surface area contributed by atoms with Crippen LogP contribution in [0, 0.1) is 34.3 Å². The van der Waals surface area contributed by atoms with Crippen LogP contribution in [0.4, 0.5) is 19.7 Å². The molecule has 0 radical (unpaired) electrons. The third-order valence-electron chi connectivity index (χ3n) is 7.44. The summed E-state index contributed by atoms with van der Waals surface area (Å²) in [5, 5.41) is 10.7. The number of aromatic nitrogens is 3. The molecule has 5 heterocycles. The summed E-state index contributed by atoms with van der Waals surface area (Å²) in [6, 6.07) is 2.03. The topological polar surface area (TPSA) is 101 Å². The predicted octanol–water partition coefficient (Wildman–Crippen LogP) is 5.15. The number of thiophene rings is 1. The molecular formula is C25H22F2N6OS. The normalized spacial score (nSPS) is 19.0. The zero-order valence-electron chi connectivity index (χ0n) is 19.4. The summed E-state index contributed by atoms with van der Waals surface area (Å²) in [7, 11) is 0. The Morgan fingerprint density at radius 1 is 1.23 bits per heavy atom. The first-order valence-corrected chi connectivity index (χ1v) is 12.1. The number of nitrogens with zero attached hydrogens (tertiary/aromatic N) is 5. The quantitative estimate of drug-likeness (QED) is 0.413. The van der Waals surface area contributed by atoms with Gasteiger partial charge in [0.25, 0.3) is 0 Å². The van der Waals surface area contributed by atoms with Gasteiger partial charge in [0.2, 0.25) is 5.95 Å². The lowest BCUT2D eigenvalue weighted by Gasteiger charge is -2.22. The van der Waals surface area contributed by atoms with Crippen molar-refractivity contribution in [2.75, 3.05) is 23.7 Å². The van der Waals surface area contributed by atoms with E-state index >= 15 is 4.39 Å². The Morgan fingerprint density at radius 3 is 2.71 bits per heavy atom. The van der Waals surface area contributed by atoms with Gasteiger partial charge in [0.1, 0.15) is 16.6 Å². The van der Waals surface area contributed by atoms with Gasteiger partial charge in [0.15, 0.2) is 11.6 Å². The van der Waals surface area contributed by atoms with Crippen molar-refractivity contribution in [3.8, 4) is 17.3 Å². The molecule has 178 valence electrons. The Kier molecular flexibility index (Phi) is 4.75. The van der Waals surface area contributed by atoms with Crippen LogP contribution >= 0.6 is 11.3 Å². The fraction of sp³-hybridized carbons (Fsp3) is 0.360. The van der Waals surface area contributed by atoms with Gasteiger partial charge in [-0.25, -0.2) is 18.7 Å². The average molecular weight is 493 g/mol. The Hall–Kier alpha value is -3.42. The second-order valence-corrected chi connectivity index (χ2v) is 11.0. The first-order chi connectivity index (χ1) is 16.7. The molecule has 0 bridgehead atoms. The number of nitrogens with two attached hydrogens (primary N) is 1. The third-order valence-corrected chi connectivity index (χ3v) is 8.47. The van der Waals surface area contributed by atoms with E-state index in [9.17, 15) is 9.65 Å². The summed E-state index contributed by atoms with van der Waals surface area (Å²) in [4.78, 5) is 15.6. The minimum atomic E-state index is -0.605. The number of halogens is 2. The molecule has 2 N–H and O–H groups in total. The van der Waals surface area contributed by atoms with Crippen molar-refractivity contribution in [2.24, 2.45) is 11.3 Å². The van der Waals surface area contributed by atoms with E-state index in [1.165, 1.54) is 0 Å². The van der Waals surface area contributed by atoms with E-state index in [1.54, 1.807) is 6.20 Å². The van der Waals surface area contributed by atoms with Crippen LogP contribution in [-0.4, -0.2) is 28.0 Å².